The van der Waals surface area contributed by atoms with Crippen molar-refractivity contribution in [3.63, 3.8) is 0 Å². The van der Waals surface area contributed by atoms with Crippen molar-refractivity contribution in [2.75, 3.05) is 13.7 Å². The number of ether oxygens (including phenoxy) is 1. The zero-order valence-electron chi connectivity index (χ0n) is 13.2. The molecule has 1 aromatic rings. The maximum atomic E-state index is 6.29. The van der Waals surface area contributed by atoms with E-state index in [9.17, 15) is 0 Å². The quantitative estimate of drug-likeness (QED) is 0.871. The molecule has 1 N–H and O–H groups in total. The number of nitrogens with one attached hydrogen (secondary N) is 1. The first-order valence-electron chi connectivity index (χ1n) is 7.82. The highest BCUT2D eigenvalue weighted by molar-refractivity contribution is 7.09. The first-order valence-corrected chi connectivity index (χ1v) is 8.70. The standard InChI is InChI=1S/C16H28N2OS/c1-5-19-16(8-6-7-12(2)10-16)15(17-4)9-14-11-20-13(3)18-14/h11-12,15,17H,5-10H2,1-4H3. The van der Waals surface area contributed by atoms with E-state index in [1.165, 1.54) is 25.0 Å². The van der Waals surface area contributed by atoms with Gasteiger partial charge in [-0.2, -0.15) is 0 Å². The number of rotatable bonds is 6. The van der Waals surface area contributed by atoms with E-state index in [2.05, 4.69) is 43.5 Å². The van der Waals surface area contributed by atoms with Gasteiger partial charge in [-0.1, -0.05) is 19.8 Å². The summed E-state index contributed by atoms with van der Waals surface area (Å²) in [5, 5.41) is 6.85. The predicted molar refractivity (Wildman–Crippen MR) is 85.4 cm³/mol. The van der Waals surface area contributed by atoms with Gasteiger partial charge in [0.25, 0.3) is 0 Å². The SMILES string of the molecule is CCOC1(C(Cc2csc(C)n2)NC)CCCC(C)C1. The summed E-state index contributed by atoms with van der Waals surface area (Å²) in [4.78, 5) is 4.63. The summed E-state index contributed by atoms with van der Waals surface area (Å²) in [5.74, 6) is 0.753. The molecule has 1 aliphatic rings. The minimum absolute atomic E-state index is 0.0152. The van der Waals surface area contributed by atoms with Gasteiger partial charge in [-0.15, -0.1) is 11.3 Å². The first-order chi connectivity index (χ1) is 9.59. The molecular formula is C16H28N2OS. The van der Waals surface area contributed by atoms with Gasteiger partial charge in [-0.3, -0.25) is 0 Å². The Balaban J connectivity index is 2.15. The van der Waals surface area contributed by atoms with Crippen LogP contribution in [0, 0.1) is 12.8 Å². The van der Waals surface area contributed by atoms with Crippen molar-refractivity contribution < 1.29 is 4.74 Å². The van der Waals surface area contributed by atoms with Crippen molar-refractivity contribution in [1.29, 1.82) is 0 Å². The van der Waals surface area contributed by atoms with E-state index in [0.717, 1.165) is 30.4 Å². The molecule has 0 bridgehead atoms. The summed E-state index contributed by atoms with van der Waals surface area (Å²) >= 11 is 1.74. The van der Waals surface area contributed by atoms with Crippen molar-refractivity contribution in [2.24, 2.45) is 5.92 Å². The molecule has 114 valence electrons. The van der Waals surface area contributed by atoms with Crippen LogP contribution < -0.4 is 5.32 Å². The molecule has 2 rings (SSSR count). The van der Waals surface area contributed by atoms with Gasteiger partial charge in [-0.05, 0) is 39.7 Å². The summed E-state index contributed by atoms with van der Waals surface area (Å²) in [6.45, 7) is 7.33. The van der Waals surface area contributed by atoms with E-state index >= 15 is 0 Å². The van der Waals surface area contributed by atoms with E-state index in [1.54, 1.807) is 11.3 Å². The van der Waals surface area contributed by atoms with Crippen molar-refractivity contribution in [1.82, 2.24) is 10.3 Å². The highest BCUT2D eigenvalue weighted by Crippen LogP contribution is 2.38. The zero-order chi connectivity index (χ0) is 14.6. The molecule has 0 saturated heterocycles. The van der Waals surface area contributed by atoms with Crippen LogP contribution in [0.5, 0.6) is 0 Å². The van der Waals surface area contributed by atoms with Crippen LogP contribution in [-0.4, -0.2) is 30.3 Å². The zero-order valence-corrected chi connectivity index (χ0v) is 14.1. The largest absolute Gasteiger partial charge is 0.374 e. The number of aryl methyl sites for hydroxylation is 1. The van der Waals surface area contributed by atoms with Crippen molar-refractivity contribution in [2.45, 2.75) is 64.5 Å². The lowest BCUT2D eigenvalue weighted by molar-refractivity contribution is -0.0989. The number of nitrogens with zero attached hydrogens (tertiary/aromatic N) is 1. The van der Waals surface area contributed by atoms with Crippen LogP contribution in [0.15, 0.2) is 5.38 Å². The number of thiazole rings is 1. The lowest BCUT2D eigenvalue weighted by atomic mass is 9.73. The Bertz CT molecular complexity index is 416. The summed E-state index contributed by atoms with van der Waals surface area (Å²) in [6.07, 6.45) is 5.90. The molecule has 1 saturated carbocycles. The average molecular weight is 296 g/mol. The molecular weight excluding hydrogens is 268 g/mol. The second kappa shape index (κ2) is 7.01. The van der Waals surface area contributed by atoms with Crippen LogP contribution in [0.25, 0.3) is 0 Å². The number of hydrogen-bond acceptors (Lipinski definition) is 4. The molecule has 3 atom stereocenters. The van der Waals surface area contributed by atoms with Gasteiger partial charge in [0.15, 0.2) is 0 Å². The van der Waals surface area contributed by atoms with Crippen molar-refractivity contribution in [3.8, 4) is 0 Å². The second-order valence-electron chi connectivity index (χ2n) is 6.10. The molecule has 0 radical (unpaired) electrons. The van der Waals surface area contributed by atoms with Crippen LogP contribution in [0.1, 0.15) is 50.2 Å². The molecule has 3 unspecified atom stereocenters. The minimum Gasteiger partial charge on any atom is -0.374 e. The molecule has 1 aliphatic carbocycles. The monoisotopic (exact) mass is 296 g/mol. The Morgan fingerprint density at radius 3 is 2.95 bits per heavy atom. The van der Waals surface area contributed by atoms with E-state index in [4.69, 9.17) is 4.74 Å². The van der Waals surface area contributed by atoms with Gasteiger partial charge in [0, 0.05) is 24.4 Å². The topological polar surface area (TPSA) is 34.1 Å². The average Bonchev–Trinajstić information content (AvgIpc) is 2.82. The Kier molecular flexibility index (Phi) is 5.58. The predicted octanol–water partition coefficient (Wildman–Crippen LogP) is 3.57. The molecule has 0 spiro atoms. The highest BCUT2D eigenvalue weighted by atomic mass is 32.1. The third-order valence-corrected chi connectivity index (χ3v) is 5.31. The van der Waals surface area contributed by atoms with E-state index in [1.807, 2.05) is 0 Å². The normalized spacial score (nSPS) is 28.5. The lowest BCUT2D eigenvalue weighted by Crippen LogP contribution is -2.55. The van der Waals surface area contributed by atoms with Crippen molar-refractivity contribution in [3.05, 3.63) is 16.1 Å². The molecule has 1 fully saturated rings. The second-order valence-corrected chi connectivity index (χ2v) is 7.16. The first kappa shape index (κ1) is 15.9. The molecule has 0 aromatic carbocycles. The Hall–Kier alpha value is -0.450. The Morgan fingerprint density at radius 1 is 1.60 bits per heavy atom. The molecule has 0 aliphatic heterocycles. The summed E-state index contributed by atoms with van der Waals surface area (Å²) < 4.78 is 6.29. The summed E-state index contributed by atoms with van der Waals surface area (Å²) in [7, 11) is 2.06. The fraction of sp³-hybridized carbons (Fsp3) is 0.812. The summed E-state index contributed by atoms with van der Waals surface area (Å²) in [5.41, 5.74) is 1.18. The van der Waals surface area contributed by atoms with Crippen LogP contribution in [-0.2, 0) is 11.2 Å². The Morgan fingerprint density at radius 2 is 2.40 bits per heavy atom. The van der Waals surface area contributed by atoms with Gasteiger partial charge >= 0.3 is 0 Å². The smallest absolute Gasteiger partial charge is 0.0897 e. The van der Waals surface area contributed by atoms with Gasteiger partial charge in [0.2, 0.25) is 0 Å². The van der Waals surface area contributed by atoms with Crippen LogP contribution in [0.2, 0.25) is 0 Å². The molecule has 1 aromatic heterocycles. The van der Waals surface area contributed by atoms with Crippen LogP contribution >= 0.6 is 11.3 Å². The van der Waals surface area contributed by atoms with E-state index in [-0.39, 0.29) is 5.60 Å². The minimum atomic E-state index is -0.0152. The van der Waals surface area contributed by atoms with E-state index in [0.29, 0.717) is 6.04 Å². The fourth-order valence-electron chi connectivity index (χ4n) is 3.64. The van der Waals surface area contributed by atoms with Crippen LogP contribution in [0.3, 0.4) is 0 Å². The Labute approximate surface area is 127 Å². The van der Waals surface area contributed by atoms with Crippen molar-refractivity contribution >= 4 is 11.3 Å². The van der Waals surface area contributed by atoms with Gasteiger partial charge in [-0.25, -0.2) is 4.98 Å². The number of hydrogen-bond donors (Lipinski definition) is 1. The third-order valence-electron chi connectivity index (χ3n) is 4.49. The highest BCUT2D eigenvalue weighted by Gasteiger charge is 2.42. The van der Waals surface area contributed by atoms with Crippen LogP contribution in [0.4, 0.5) is 0 Å². The summed E-state index contributed by atoms with van der Waals surface area (Å²) in [6, 6.07) is 0.353. The van der Waals surface area contributed by atoms with Gasteiger partial charge in [0.1, 0.15) is 0 Å². The number of likely N-dealkylation sites (N-methyl/N-ethyl adjacent to an activating group) is 1. The van der Waals surface area contributed by atoms with Gasteiger partial charge in [0.05, 0.1) is 16.3 Å². The lowest BCUT2D eigenvalue weighted by Gasteiger charge is -2.45. The third kappa shape index (κ3) is 3.60. The molecule has 4 heteroatoms. The maximum Gasteiger partial charge on any atom is 0.0897 e. The molecule has 0 amide bonds. The molecule has 20 heavy (non-hydrogen) atoms. The molecule has 1 heterocycles. The van der Waals surface area contributed by atoms with E-state index < -0.39 is 0 Å². The number of aromatic nitrogens is 1. The maximum absolute atomic E-state index is 6.29. The molecule has 3 nitrogen and oxygen atoms in total. The van der Waals surface area contributed by atoms with Gasteiger partial charge < -0.3 is 10.1 Å². The fourth-order valence-corrected chi connectivity index (χ4v) is 4.27.